The van der Waals surface area contributed by atoms with Crippen molar-refractivity contribution in [3.05, 3.63) is 0 Å². The standard InChI is InChI=1S/C13H29N3O3S/c1-6-15(7-2)13(17)12(4)14-10-9-11-16(8-3)20(5,18)19/h12,14H,6-11H2,1-5H3. The molecule has 0 aliphatic rings. The summed E-state index contributed by atoms with van der Waals surface area (Å²) < 4.78 is 24.3. The van der Waals surface area contributed by atoms with Gasteiger partial charge < -0.3 is 10.2 Å². The van der Waals surface area contributed by atoms with Crippen molar-refractivity contribution in [3.63, 3.8) is 0 Å². The maximum atomic E-state index is 12.0. The van der Waals surface area contributed by atoms with Crippen molar-refractivity contribution < 1.29 is 13.2 Å². The number of hydrogen-bond acceptors (Lipinski definition) is 4. The fraction of sp³-hybridized carbons (Fsp3) is 0.923. The molecule has 1 amide bonds. The number of amides is 1. The van der Waals surface area contributed by atoms with Gasteiger partial charge in [0.05, 0.1) is 12.3 Å². The SMILES string of the molecule is CCN(CC)C(=O)C(C)NCCCN(CC)S(C)(=O)=O. The predicted molar refractivity (Wildman–Crippen MR) is 82.1 cm³/mol. The van der Waals surface area contributed by atoms with Gasteiger partial charge in [-0.2, -0.15) is 0 Å². The van der Waals surface area contributed by atoms with Crippen LogP contribution >= 0.6 is 0 Å². The summed E-state index contributed by atoms with van der Waals surface area (Å²) >= 11 is 0. The third-order valence-corrected chi connectivity index (χ3v) is 4.68. The quantitative estimate of drug-likeness (QED) is 0.597. The van der Waals surface area contributed by atoms with Crippen LogP contribution in [-0.4, -0.2) is 68.6 Å². The molecule has 1 unspecified atom stereocenters. The number of nitrogens with one attached hydrogen (secondary N) is 1. The second kappa shape index (κ2) is 9.31. The van der Waals surface area contributed by atoms with Gasteiger partial charge in [-0.3, -0.25) is 4.79 Å². The Morgan fingerprint density at radius 3 is 2.10 bits per heavy atom. The Labute approximate surface area is 123 Å². The second-order valence-electron chi connectivity index (χ2n) is 4.79. The van der Waals surface area contributed by atoms with E-state index in [1.807, 2.05) is 27.7 Å². The fourth-order valence-electron chi connectivity index (χ4n) is 2.03. The van der Waals surface area contributed by atoms with E-state index in [1.165, 1.54) is 10.6 Å². The molecule has 0 aliphatic heterocycles. The average Bonchev–Trinajstić information content (AvgIpc) is 2.38. The molecule has 20 heavy (non-hydrogen) atoms. The third kappa shape index (κ3) is 6.67. The molecule has 0 radical (unpaired) electrons. The largest absolute Gasteiger partial charge is 0.342 e. The molecular weight excluding hydrogens is 278 g/mol. The highest BCUT2D eigenvalue weighted by atomic mass is 32.2. The van der Waals surface area contributed by atoms with Crippen LogP contribution < -0.4 is 5.32 Å². The van der Waals surface area contributed by atoms with E-state index in [0.29, 0.717) is 39.1 Å². The Morgan fingerprint density at radius 2 is 1.70 bits per heavy atom. The van der Waals surface area contributed by atoms with E-state index in [1.54, 1.807) is 4.90 Å². The van der Waals surface area contributed by atoms with Gasteiger partial charge in [0.2, 0.25) is 15.9 Å². The van der Waals surface area contributed by atoms with Crippen LogP contribution in [0.15, 0.2) is 0 Å². The lowest BCUT2D eigenvalue weighted by molar-refractivity contribution is -0.132. The van der Waals surface area contributed by atoms with Gasteiger partial charge in [0.1, 0.15) is 0 Å². The molecule has 0 aromatic carbocycles. The molecule has 0 rings (SSSR count). The zero-order valence-corrected chi connectivity index (χ0v) is 14.2. The van der Waals surface area contributed by atoms with E-state index in [4.69, 9.17) is 0 Å². The Morgan fingerprint density at radius 1 is 1.15 bits per heavy atom. The minimum Gasteiger partial charge on any atom is -0.342 e. The molecule has 0 aliphatic carbocycles. The first-order valence-electron chi connectivity index (χ1n) is 7.25. The van der Waals surface area contributed by atoms with Crippen molar-refractivity contribution in [1.82, 2.24) is 14.5 Å². The van der Waals surface area contributed by atoms with E-state index in [9.17, 15) is 13.2 Å². The normalized spacial score (nSPS) is 13.5. The molecule has 0 aromatic heterocycles. The van der Waals surface area contributed by atoms with Crippen molar-refractivity contribution in [2.75, 3.05) is 39.0 Å². The molecule has 1 N–H and O–H groups in total. The van der Waals surface area contributed by atoms with Crippen LogP contribution in [0.4, 0.5) is 0 Å². The number of hydrogen-bond donors (Lipinski definition) is 1. The van der Waals surface area contributed by atoms with Gasteiger partial charge in [-0.25, -0.2) is 12.7 Å². The number of carbonyl (C=O) groups excluding carboxylic acids is 1. The summed E-state index contributed by atoms with van der Waals surface area (Å²) in [5.41, 5.74) is 0. The fourth-order valence-corrected chi connectivity index (χ4v) is 2.96. The van der Waals surface area contributed by atoms with Crippen LogP contribution in [0.3, 0.4) is 0 Å². The summed E-state index contributed by atoms with van der Waals surface area (Å²) in [7, 11) is -3.12. The van der Waals surface area contributed by atoms with E-state index >= 15 is 0 Å². The lowest BCUT2D eigenvalue weighted by Crippen LogP contribution is -2.45. The van der Waals surface area contributed by atoms with E-state index in [0.717, 1.165) is 0 Å². The lowest BCUT2D eigenvalue weighted by atomic mass is 10.2. The van der Waals surface area contributed by atoms with Gasteiger partial charge in [0.25, 0.3) is 0 Å². The van der Waals surface area contributed by atoms with Crippen LogP contribution in [0, 0.1) is 0 Å². The summed E-state index contributed by atoms with van der Waals surface area (Å²) in [5.74, 6) is 0.0884. The second-order valence-corrected chi connectivity index (χ2v) is 6.78. The Hall–Kier alpha value is -0.660. The van der Waals surface area contributed by atoms with Gasteiger partial charge in [0.15, 0.2) is 0 Å². The third-order valence-electron chi connectivity index (χ3n) is 3.30. The zero-order valence-electron chi connectivity index (χ0n) is 13.3. The summed E-state index contributed by atoms with van der Waals surface area (Å²) in [5, 5.41) is 3.15. The highest BCUT2D eigenvalue weighted by Gasteiger charge is 2.18. The molecule has 0 aromatic rings. The molecular formula is C13H29N3O3S. The maximum absolute atomic E-state index is 12.0. The summed E-state index contributed by atoms with van der Waals surface area (Å²) in [6.45, 7) is 10.6. The monoisotopic (exact) mass is 307 g/mol. The van der Waals surface area contributed by atoms with Gasteiger partial charge >= 0.3 is 0 Å². The van der Waals surface area contributed by atoms with Crippen molar-refractivity contribution in [2.45, 2.75) is 40.2 Å². The number of nitrogens with zero attached hydrogens (tertiary/aromatic N) is 2. The molecule has 0 heterocycles. The van der Waals surface area contributed by atoms with Gasteiger partial charge in [-0.05, 0) is 33.7 Å². The molecule has 0 saturated carbocycles. The number of carbonyl (C=O) groups is 1. The number of likely N-dealkylation sites (N-methyl/N-ethyl adjacent to an activating group) is 1. The van der Waals surface area contributed by atoms with Crippen molar-refractivity contribution in [2.24, 2.45) is 0 Å². The molecule has 120 valence electrons. The predicted octanol–water partition coefficient (Wildman–Crippen LogP) is 0.505. The highest BCUT2D eigenvalue weighted by molar-refractivity contribution is 7.88. The lowest BCUT2D eigenvalue weighted by Gasteiger charge is -2.24. The van der Waals surface area contributed by atoms with Crippen LogP contribution in [0.25, 0.3) is 0 Å². The van der Waals surface area contributed by atoms with Crippen molar-refractivity contribution in [1.29, 1.82) is 0 Å². The van der Waals surface area contributed by atoms with Gasteiger partial charge in [0, 0.05) is 26.2 Å². The molecule has 0 bridgehead atoms. The minimum atomic E-state index is -3.12. The van der Waals surface area contributed by atoms with Crippen molar-refractivity contribution >= 4 is 15.9 Å². The van der Waals surface area contributed by atoms with E-state index < -0.39 is 10.0 Å². The summed E-state index contributed by atoms with van der Waals surface area (Å²) in [6, 6.07) is -0.233. The Balaban J connectivity index is 4.09. The Bertz CT molecular complexity index is 380. The first-order valence-corrected chi connectivity index (χ1v) is 9.09. The molecule has 7 heteroatoms. The highest BCUT2D eigenvalue weighted by Crippen LogP contribution is 1.99. The minimum absolute atomic E-state index is 0.0884. The molecule has 0 saturated heterocycles. The van der Waals surface area contributed by atoms with Crippen LogP contribution in [-0.2, 0) is 14.8 Å². The van der Waals surface area contributed by atoms with Gasteiger partial charge in [-0.1, -0.05) is 6.92 Å². The maximum Gasteiger partial charge on any atom is 0.239 e. The average molecular weight is 307 g/mol. The first-order chi connectivity index (χ1) is 9.27. The number of rotatable bonds is 10. The van der Waals surface area contributed by atoms with Crippen LogP contribution in [0.5, 0.6) is 0 Å². The van der Waals surface area contributed by atoms with Gasteiger partial charge in [-0.15, -0.1) is 0 Å². The first kappa shape index (κ1) is 19.3. The summed E-state index contributed by atoms with van der Waals surface area (Å²) in [4.78, 5) is 13.8. The van der Waals surface area contributed by atoms with Crippen molar-refractivity contribution in [3.8, 4) is 0 Å². The van der Waals surface area contributed by atoms with E-state index in [-0.39, 0.29) is 11.9 Å². The van der Waals surface area contributed by atoms with E-state index in [2.05, 4.69) is 5.32 Å². The number of sulfonamides is 1. The summed E-state index contributed by atoms with van der Waals surface area (Å²) in [6.07, 6.45) is 1.91. The Kier molecular flexibility index (Phi) is 9.00. The topological polar surface area (TPSA) is 69.7 Å². The molecule has 0 spiro atoms. The molecule has 1 atom stereocenters. The molecule has 0 fully saturated rings. The molecule has 6 nitrogen and oxygen atoms in total. The smallest absolute Gasteiger partial charge is 0.239 e. The zero-order chi connectivity index (χ0) is 15.8. The van der Waals surface area contributed by atoms with Crippen LogP contribution in [0.1, 0.15) is 34.1 Å². The van der Waals surface area contributed by atoms with Crippen LogP contribution in [0.2, 0.25) is 0 Å².